The molecule has 0 fully saturated rings. The normalized spacial score (nSPS) is 11.6. The average Bonchev–Trinajstić information content (AvgIpc) is 3.12. The van der Waals surface area contributed by atoms with Gasteiger partial charge in [-0.2, -0.15) is 0 Å². The van der Waals surface area contributed by atoms with Crippen molar-refractivity contribution in [2.75, 3.05) is 65.9 Å². The monoisotopic (exact) mass is 774 g/mol. The number of aliphatic carboxylic acids is 2. The number of carbonyl (C=O) groups excluding carboxylic acids is 4. The first-order valence-electron chi connectivity index (χ1n) is 20.2. The lowest BCUT2D eigenvalue weighted by molar-refractivity contribution is -0.142. The number of amides is 3. The lowest BCUT2D eigenvalue weighted by atomic mass is 10.0. The molecule has 0 bridgehead atoms. The molecule has 0 aromatic carbocycles. The third kappa shape index (κ3) is 38.6. The third-order valence-corrected chi connectivity index (χ3v) is 8.51. The zero-order chi connectivity index (χ0) is 39.9. The molecule has 0 radical (unpaired) electrons. The van der Waals surface area contributed by atoms with Crippen molar-refractivity contribution in [3.8, 4) is 0 Å². The van der Waals surface area contributed by atoms with Gasteiger partial charge in [-0.3, -0.25) is 24.0 Å². The second-order valence-corrected chi connectivity index (χ2v) is 13.6. The lowest BCUT2D eigenvalue weighted by Gasteiger charge is -2.14. The highest BCUT2D eigenvalue weighted by molar-refractivity contribution is 5.84. The Kier molecular flexibility index (Phi) is 35.9. The fourth-order valence-corrected chi connectivity index (χ4v) is 5.50. The Morgan fingerprint density at radius 2 is 0.870 bits per heavy atom. The standard InChI is InChI=1S/C39H71N3O12/c1-33(43)31-53-29-27-52-26-24-41-37(46)32-54-30-28-51-25-23-40-35(44)22-21-34(39(49)50)42-36(45)19-17-15-13-11-9-7-5-3-2-4-6-8-10-12-14-16-18-20-38(47)48/h34H,2-32H2,1H3,(H,40,44)(H,41,46)(H,42,45)(H,47,48)(H,49,50)/t34-/m0/s1. The molecule has 0 spiro atoms. The largest absolute Gasteiger partial charge is 0.481 e. The maximum atomic E-state index is 12.3. The average molecular weight is 774 g/mol. The van der Waals surface area contributed by atoms with E-state index in [1.165, 1.54) is 71.1 Å². The predicted molar refractivity (Wildman–Crippen MR) is 204 cm³/mol. The number of rotatable bonds is 41. The molecule has 5 N–H and O–H groups in total. The molecular formula is C39H71N3O12. The number of ketones is 1. The van der Waals surface area contributed by atoms with Gasteiger partial charge in [0.05, 0.1) is 39.6 Å². The van der Waals surface area contributed by atoms with E-state index in [2.05, 4.69) is 16.0 Å². The Balaban J connectivity index is 3.63. The van der Waals surface area contributed by atoms with Crippen molar-refractivity contribution >= 4 is 35.4 Å². The molecule has 54 heavy (non-hydrogen) atoms. The molecule has 0 aliphatic carbocycles. The molecule has 3 amide bonds. The van der Waals surface area contributed by atoms with Gasteiger partial charge >= 0.3 is 11.9 Å². The van der Waals surface area contributed by atoms with Crippen LogP contribution in [0.2, 0.25) is 0 Å². The summed E-state index contributed by atoms with van der Waals surface area (Å²) in [5.74, 6) is -2.87. The van der Waals surface area contributed by atoms with E-state index in [1.54, 1.807) is 0 Å². The number of hydrogen-bond acceptors (Lipinski definition) is 10. The summed E-state index contributed by atoms with van der Waals surface area (Å²) in [5.41, 5.74) is 0. The summed E-state index contributed by atoms with van der Waals surface area (Å²) in [6.45, 7) is 3.49. The van der Waals surface area contributed by atoms with Gasteiger partial charge in [0.1, 0.15) is 19.3 Å². The van der Waals surface area contributed by atoms with E-state index in [4.69, 9.17) is 24.1 Å². The molecule has 0 saturated heterocycles. The van der Waals surface area contributed by atoms with Gasteiger partial charge in [0.25, 0.3) is 0 Å². The zero-order valence-electron chi connectivity index (χ0n) is 33.0. The van der Waals surface area contributed by atoms with E-state index in [1.807, 2.05) is 0 Å². The molecule has 0 saturated carbocycles. The van der Waals surface area contributed by atoms with E-state index in [9.17, 15) is 33.9 Å². The van der Waals surface area contributed by atoms with E-state index < -0.39 is 18.0 Å². The Labute approximate surface area is 322 Å². The van der Waals surface area contributed by atoms with E-state index in [0.29, 0.717) is 32.8 Å². The van der Waals surface area contributed by atoms with Crippen LogP contribution in [0.4, 0.5) is 0 Å². The number of Topliss-reactive ketones (excluding diaryl/α,β-unsaturated/α-hetero) is 1. The molecule has 0 aromatic heterocycles. The van der Waals surface area contributed by atoms with Gasteiger partial charge in [-0.05, 0) is 26.2 Å². The summed E-state index contributed by atoms with van der Waals surface area (Å²) in [4.78, 5) is 69.1. The minimum absolute atomic E-state index is 0.0110. The van der Waals surface area contributed by atoms with Crippen LogP contribution in [0.3, 0.4) is 0 Å². The van der Waals surface area contributed by atoms with Crippen molar-refractivity contribution < 1.29 is 57.9 Å². The summed E-state index contributed by atoms with van der Waals surface area (Å²) in [6, 6.07) is -1.12. The molecular weight excluding hydrogens is 702 g/mol. The molecule has 1 atom stereocenters. The molecule has 0 heterocycles. The molecule has 0 unspecified atom stereocenters. The lowest BCUT2D eigenvalue weighted by Crippen LogP contribution is -2.41. The summed E-state index contributed by atoms with van der Waals surface area (Å²) >= 11 is 0. The molecule has 15 nitrogen and oxygen atoms in total. The fraction of sp³-hybridized carbons (Fsp3) is 0.846. The minimum Gasteiger partial charge on any atom is -0.481 e. The number of ether oxygens (including phenoxy) is 4. The van der Waals surface area contributed by atoms with Crippen molar-refractivity contribution in [3.05, 3.63) is 0 Å². The van der Waals surface area contributed by atoms with E-state index >= 15 is 0 Å². The van der Waals surface area contributed by atoms with Crippen LogP contribution in [0.1, 0.15) is 142 Å². The first-order valence-corrected chi connectivity index (χ1v) is 20.2. The highest BCUT2D eigenvalue weighted by Crippen LogP contribution is 2.15. The maximum Gasteiger partial charge on any atom is 0.326 e. The number of carboxylic acid groups (broad SMARTS) is 2. The quantitative estimate of drug-likeness (QED) is 0.0534. The zero-order valence-corrected chi connectivity index (χ0v) is 33.0. The number of unbranched alkanes of at least 4 members (excludes halogenated alkanes) is 16. The van der Waals surface area contributed by atoms with Gasteiger partial charge in [0, 0.05) is 32.4 Å². The van der Waals surface area contributed by atoms with Crippen molar-refractivity contribution in [1.29, 1.82) is 0 Å². The van der Waals surface area contributed by atoms with Crippen molar-refractivity contribution in [2.24, 2.45) is 0 Å². The second-order valence-electron chi connectivity index (χ2n) is 13.6. The van der Waals surface area contributed by atoms with Crippen LogP contribution >= 0.6 is 0 Å². The highest BCUT2D eigenvalue weighted by atomic mass is 16.5. The molecule has 15 heteroatoms. The summed E-state index contributed by atoms with van der Waals surface area (Å²) in [7, 11) is 0. The van der Waals surface area contributed by atoms with Crippen LogP contribution in [-0.2, 0) is 47.7 Å². The van der Waals surface area contributed by atoms with Crippen LogP contribution in [-0.4, -0.2) is 118 Å². The van der Waals surface area contributed by atoms with Gasteiger partial charge < -0.3 is 45.1 Å². The third-order valence-electron chi connectivity index (χ3n) is 8.51. The first kappa shape index (κ1) is 50.9. The Morgan fingerprint density at radius 1 is 0.463 bits per heavy atom. The van der Waals surface area contributed by atoms with E-state index in [-0.39, 0.29) is 88.8 Å². The SMILES string of the molecule is CC(=O)COCCOCCNC(=O)COCCOCCNC(=O)CC[C@H](NC(=O)CCCCCCCCCCCCCCCCCCCC(=O)O)C(=O)O. The molecule has 0 aliphatic heterocycles. The summed E-state index contributed by atoms with van der Waals surface area (Å²) in [5, 5.41) is 26.0. The molecule has 0 rings (SSSR count). The van der Waals surface area contributed by atoms with Crippen LogP contribution in [0.5, 0.6) is 0 Å². The summed E-state index contributed by atoms with van der Waals surface area (Å²) < 4.78 is 21.0. The smallest absolute Gasteiger partial charge is 0.326 e. The molecule has 0 aromatic rings. The van der Waals surface area contributed by atoms with Gasteiger partial charge in [0.2, 0.25) is 17.7 Å². The van der Waals surface area contributed by atoms with Gasteiger partial charge in [-0.15, -0.1) is 0 Å². The van der Waals surface area contributed by atoms with Crippen LogP contribution in [0, 0.1) is 0 Å². The topological polar surface area (TPSA) is 216 Å². The molecule has 314 valence electrons. The molecule has 0 aliphatic rings. The minimum atomic E-state index is -1.17. The predicted octanol–water partition coefficient (Wildman–Crippen LogP) is 4.72. The van der Waals surface area contributed by atoms with Gasteiger partial charge in [-0.25, -0.2) is 4.79 Å². The highest BCUT2D eigenvalue weighted by Gasteiger charge is 2.20. The number of nitrogens with one attached hydrogen (secondary N) is 3. The fourth-order valence-electron chi connectivity index (χ4n) is 5.50. The summed E-state index contributed by atoms with van der Waals surface area (Å²) in [6.07, 6.45) is 19.8. The van der Waals surface area contributed by atoms with Crippen molar-refractivity contribution in [1.82, 2.24) is 16.0 Å². The van der Waals surface area contributed by atoms with Crippen LogP contribution in [0.15, 0.2) is 0 Å². The van der Waals surface area contributed by atoms with E-state index in [0.717, 1.165) is 38.5 Å². The van der Waals surface area contributed by atoms with Gasteiger partial charge in [-0.1, -0.05) is 96.3 Å². The number of carboxylic acids is 2. The first-order chi connectivity index (χ1) is 26.1. The number of hydrogen-bond donors (Lipinski definition) is 5. The maximum absolute atomic E-state index is 12.3. The van der Waals surface area contributed by atoms with Crippen molar-refractivity contribution in [3.63, 3.8) is 0 Å². The van der Waals surface area contributed by atoms with Crippen LogP contribution in [0.25, 0.3) is 0 Å². The Bertz CT molecular complexity index is 998. The Hall–Kier alpha value is -3.14. The van der Waals surface area contributed by atoms with Gasteiger partial charge in [0.15, 0.2) is 5.78 Å². The van der Waals surface area contributed by atoms with Crippen LogP contribution < -0.4 is 16.0 Å². The van der Waals surface area contributed by atoms with Crippen molar-refractivity contribution in [2.45, 2.75) is 148 Å². The number of carbonyl (C=O) groups is 6. The Morgan fingerprint density at radius 3 is 1.31 bits per heavy atom. The second kappa shape index (κ2) is 38.1.